The van der Waals surface area contributed by atoms with Gasteiger partial charge in [0.1, 0.15) is 0 Å². The molecule has 2 N–H and O–H groups in total. The molecule has 1 heterocycles. The van der Waals surface area contributed by atoms with Crippen molar-refractivity contribution in [2.24, 2.45) is 0 Å². The molecule has 0 atom stereocenters. The lowest BCUT2D eigenvalue weighted by atomic mass is 9.94. The zero-order valence-electron chi connectivity index (χ0n) is 10.6. The summed E-state index contributed by atoms with van der Waals surface area (Å²) in [5.41, 5.74) is 0.644. The van der Waals surface area contributed by atoms with Gasteiger partial charge < -0.3 is 9.67 Å². The van der Waals surface area contributed by atoms with E-state index in [0.29, 0.717) is 5.69 Å². The average molecular weight is 272 g/mol. The number of aromatic nitrogens is 1. The van der Waals surface area contributed by atoms with E-state index in [9.17, 15) is 13.5 Å². The Kier molecular flexibility index (Phi) is 4.09. The molecule has 1 aliphatic carbocycles. The van der Waals surface area contributed by atoms with Gasteiger partial charge in [-0.1, -0.05) is 13.3 Å². The molecule has 0 radical (unpaired) electrons. The van der Waals surface area contributed by atoms with Crippen LogP contribution < -0.4 is 4.72 Å². The van der Waals surface area contributed by atoms with E-state index in [-0.39, 0.29) is 17.5 Å². The zero-order chi connectivity index (χ0) is 13.2. The summed E-state index contributed by atoms with van der Waals surface area (Å²) in [5, 5.41) is 9.23. The van der Waals surface area contributed by atoms with E-state index >= 15 is 0 Å². The highest BCUT2D eigenvalue weighted by atomic mass is 32.2. The first kappa shape index (κ1) is 13.6. The van der Waals surface area contributed by atoms with Gasteiger partial charge in [-0.25, -0.2) is 13.1 Å². The minimum atomic E-state index is -3.43. The minimum absolute atomic E-state index is 0.0853. The molecule has 102 valence electrons. The Labute approximate surface area is 108 Å². The average Bonchev–Trinajstić information content (AvgIpc) is 2.68. The smallest absolute Gasteiger partial charge is 0.242 e. The molecule has 5 nitrogen and oxygen atoms in total. The van der Waals surface area contributed by atoms with Gasteiger partial charge in [-0.2, -0.15) is 0 Å². The molecule has 1 saturated carbocycles. The topological polar surface area (TPSA) is 71.3 Å². The second-order valence-electron chi connectivity index (χ2n) is 4.77. The van der Waals surface area contributed by atoms with Crippen molar-refractivity contribution >= 4 is 10.0 Å². The Morgan fingerprint density at radius 2 is 2.22 bits per heavy atom. The summed E-state index contributed by atoms with van der Waals surface area (Å²) in [6.45, 7) is 2.59. The third-order valence-electron chi connectivity index (χ3n) is 3.32. The van der Waals surface area contributed by atoms with Crippen molar-refractivity contribution in [3.63, 3.8) is 0 Å². The van der Waals surface area contributed by atoms with Crippen LogP contribution >= 0.6 is 0 Å². The van der Waals surface area contributed by atoms with Gasteiger partial charge in [0.05, 0.1) is 11.5 Å². The van der Waals surface area contributed by atoms with Gasteiger partial charge in [-0.15, -0.1) is 0 Å². The molecule has 2 rings (SSSR count). The summed E-state index contributed by atoms with van der Waals surface area (Å²) in [5.74, 6) is 0. The van der Waals surface area contributed by atoms with Crippen LogP contribution in [0.25, 0.3) is 0 Å². The van der Waals surface area contributed by atoms with Crippen molar-refractivity contribution in [1.29, 1.82) is 0 Å². The Morgan fingerprint density at radius 1 is 1.50 bits per heavy atom. The molecule has 1 aromatic heterocycles. The Balaban J connectivity index is 2.20. The normalized spacial score (nSPS) is 16.8. The van der Waals surface area contributed by atoms with Crippen molar-refractivity contribution in [3.05, 3.63) is 18.0 Å². The highest BCUT2D eigenvalue weighted by Gasteiger charge is 2.25. The van der Waals surface area contributed by atoms with E-state index in [0.717, 1.165) is 32.2 Å². The lowest BCUT2D eigenvalue weighted by Crippen LogP contribution is -2.39. The van der Waals surface area contributed by atoms with E-state index in [1.807, 2.05) is 6.92 Å². The lowest BCUT2D eigenvalue weighted by Gasteiger charge is -2.25. The zero-order valence-corrected chi connectivity index (χ0v) is 11.4. The maximum atomic E-state index is 12.1. The van der Waals surface area contributed by atoms with Crippen LogP contribution in [0.4, 0.5) is 0 Å². The number of hydrogen-bond donors (Lipinski definition) is 2. The largest absolute Gasteiger partial charge is 0.390 e. The van der Waals surface area contributed by atoms with Gasteiger partial charge in [-0.3, -0.25) is 0 Å². The number of sulfonamides is 1. The van der Waals surface area contributed by atoms with Crippen molar-refractivity contribution in [2.75, 3.05) is 0 Å². The van der Waals surface area contributed by atoms with Crippen LogP contribution in [0.5, 0.6) is 0 Å². The van der Waals surface area contributed by atoms with E-state index < -0.39 is 10.0 Å². The van der Waals surface area contributed by atoms with E-state index in [4.69, 9.17) is 0 Å². The molecule has 0 spiro atoms. The number of nitrogens with zero attached hydrogens (tertiary/aromatic N) is 1. The van der Waals surface area contributed by atoms with Crippen molar-refractivity contribution in [3.8, 4) is 0 Å². The predicted octanol–water partition coefficient (Wildman–Crippen LogP) is 1.22. The standard InChI is InChI=1S/C12H20N2O3S/c1-2-6-14-8-12(7-11(14)9-15)18(16,17)13-10-4-3-5-10/h7-8,10,13,15H,2-6,9H2,1H3. The molecule has 0 amide bonds. The van der Waals surface area contributed by atoms with Crippen LogP contribution in [0.2, 0.25) is 0 Å². The fourth-order valence-electron chi connectivity index (χ4n) is 2.07. The van der Waals surface area contributed by atoms with Crippen LogP contribution in [-0.2, 0) is 23.2 Å². The van der Waals surface area contributed by atoms with Gasteiger partial charge in [0.2, 0.25) is 10.0 Å². The van der Waals surface area contributed by atoms with Gasteiger partial charge in [0.25, 0.3) is 0 Å². The Morgan fingerprint density at radius 3 is 2.72 bits per heavy atom. The molecular weight excluding hydrogens is 252 g/mol. The maximum absolute atomic E-state index is 12.1. The first-order valence-corrected chi connectivity index (χ1v) is 7.87. The van der Waals surface area contributed by atoms with Crippen LogP contribution in [0, 0.1) is 0 Å². The molecule has 1 aromatic rings. The van der Waals surface area contributed by atoms with Gasteiger partial charge >= 0.3 is 0 Å². The van der Waals surface area contributed by atoms with Crippen LogP contribution in [0.15, 0.2) is 17.2 Å². The fourth-order valence-corrected chi connectivity index (χ4v) is 3.43. The monoisotopic (exact) mass is 272 g/mol. The van der Waals surface area contributed by atoms with E-state index in [2.05, 4.69) is 4.72 Å². The van der Waals surface area contributed by atoms with E-state index in [1.165, 1.54) is 0 Å². The van der Waals surface area contributed by atoms with E-state index in [1.54, 1.807) is 16.8 Å². The number of aryl methyl sites for hydroxylation is 1. The Hall–Kier alpha value is -0.850. The van der Waals surface area contributed by atoms with Crippen molar-refractivity contribution in [1.82, 2.24) is 9.29 Å². The summed E-state index contributed by atoms with van der Waals surface area (Å²) < 4.78 is 28.7. The van der Waals surface area contributed by atoms with Gasteiger partial charge in [0.15, 0.2) is 0 Å². The van der Waals surface area contributed by atoms with Crippen LogP contribution in [0.1, 0.15) is 38.3 Å². The molecular formula is C12H20N2O3S. The highest BCUT2D eigenvalue weighted by Crippen LogP contribution is 2.22. The summed E-state index contributed by atoms with van der Waals surface area (Å²) in [6.07, 6.45) is 5.43. The first-order chi connectivity index (χ1) is 8.56. The number of nitrogens with one attached hydrogen (secondary N) is 1. The summed E-state index contributed by atoms with van der Waals surface area (Å²) in [4.78, 5) is 0.256. The number of hydrogen-bond acceptors (Lipinski definition) is 3. The maximum Gasteiger partial charge on any atom is 0.242 e. The summed E-state index contributed by atoms with van der Waals surface area (Å²) in [7, 11) is -3.43. The van der Waals surface area contributed by atoms with Crippen LogP contribution in [-0.4, -0.2) is 24.1 Å². The fraction of sp³-hybridized carbons (Fsp3) is 0.667. The third kappa shape index (κ3) is 2.76. The lowest BCUT2D eigenvalue weighted by molar-refractivity contribution is 0.270. The third-order valence-corrected chi connectivity index (χ3v) is 4.81. The SMILES string of the molecule is CCCn1cc(S(=O)(=O)NC2CCC2)cc1CO. The predicted molar refractivity (Wildman–Crippen MR) is 68.6 cm³/mol. The molecule has 0 bridgehead atoms. The molecule has 1 aliphatic rings. The summed E-state index contributed by atoms with van der Waals surface area (Å²) >= 11 is 0. The second-order valence-corrected chi connectivity index (χ2v) is 6.48. The highest BCUT2D eigenvalue weighted by molar-refractivity contribution is 7.89. The Bertz CT molecular complexity index is 503. The number of aliphatic hydroxyl groups excluding tert-OH is 1. The van der Waals surface area contributed by atoms with Crippen molar-refractivity contribution < 1.29 is 13.5 Å². The van der Waals surface area contributed by atoms with Gasteiger partial charge in [0, 0.05) is 24.5 Å². The second kappa shape index (κ2) is 5.42. The molecule has 6 heteroatoms. The molecule has 1 fully saturated rings. The van der Waals surface area contributed by atoms with Crippen molar-refractivity contribution in [2.45, 2.75) is 56.7 Å². The number of rotatable bonds is 6. The molecule has 18 heavy (non-hydrogen) atoms. The number of aliphatic hydroxyl groups is 1. The first-order valence-electron chi connectivity index (χ1n) is 6.39. The summed E-state index contributed by atoms with van der Waals surface area (Å²) in [6, 6.07) is 1.64. The molecule has 0 aromatic carbocycles. The van der Waals surface area contributed by atoms with Gasteiger partial charge in [-0.05, 0) is 25.3 Å². The molecule has 0 saturated heterocycles. The quantitative estimate of drug-likeness (QED) is 0.818. The molecule has 0 aliphatic heterocycles. The van der Waals surface area contributed by atoms with Crippen LogP contribution in [0.3, 0.4) is 0 Å². The molecule has 0 unspecified atom stereocenters. The minimum Gasteiger partial charge on any atom is -0.390 e.